The number of nitrogens with one attached hydrogen (secondary N) is 3. The lowest BCUT2D eigenvalue weighted by Gasteiger charge is -2.13. The molecular weight excluding hydrogens is 432 g/mol. The molecule has 0 atom stereocenters. The van der Waals surface area contributed by atoms with Crippen LogP contribution in [0.3, 0.4) is 0 Å². The minimum absolute atomic E-state index is 0.186. The van der Waals surface area contributed by atoms with Crippen LogP contribution < -0.4 is 31.2 Å². The van der Waals surface area contributed by atoms with Crippen molar-refractivity contribution in [1.29, 1.82) is 0 Å². The van der Waals surface area contributed by atoms with Crippen LogP contribution in [0.15, 0.2) is 28.8 Å². The lowest BCUT2D eigenvalue weighted by atomic mass is 10.2. The van der Waals surface area contributed by atoms with Crippen LogP contribution in [0.25, 0.3) is 0 Å². The van der Waals surface area contributed by atoms with Gasteiger partial charge in [-0.1, -0.05) is 26.3 Å². The van der Waals surface area contributed by atoms with Crippen molar-refractivity contribution in [3.05, 3.63) is 18.7 Å². The van der Waals surface area contributed by atoms with Crippen molar-refractivity contribution in [3.8, 4) is 11.8 Å². The zero-order valence-electron chi connectivity index (χ0n) is 18.6. The fourth-order valence-electron chi connectivity index (χ4n) is 2.56. The molecule has 12 heteroatoms. The van der Waals surface area contributed by atoms with Crippen molar-refractivity contribution in [2.75, 3.05) is 50.2 Å². The predicted molar refractivity (Wildman–Crippen MR) is 125 cm³/mol. The number of amides is 1. The average molecular weight is 463 g/mol. The molecule has 1 amide bonds. The molecule has 0 aliphatic rings. The molecule has 2 heterocycles. The number of anilines is 3. The molecule has 0 aliphatic heterocycles. The van der Waals surface area contributed by atoms with Crippen molar-refractivity contribution < 1.29 is 14.3 Å². The van der Waals surface area contributed by atoms with Gasteiger partial charge in [0, 0.05) is 19.2 Å². The maximum Gasteiger partial charge on any atom is 0.248 e. The van der Waals surface area contributed by atoms with Crippen LogP contribution in [-0.2, 0) is 4.79 Å². The number of carbonyl (C=O) groups excluding carboxylic acids is 1. The first-order valence-electron chi connectivity index (χ1n) is 10.2. The molecule has 0 aromatic carbocycles. The molecule has 0 saturated heterocycles. The monoisotopic (exact) mass is 462 g/mol. The first-order chi connectivity index (χ1) is 15.5. The summed E-state index contributed by atoms with van der Waals surface area (Å²) in [5, 5.41) is 9.35. The number of hydrogen-bond donors (Lipinski definition) is 4. The number of unbranched alkanes of at least 4 members (excludes halogenated alkanes) is 2. The van der Waals surface area contributed by atoms with Crippen LogP contribution in [0.5, 0.6) is 11.8 Å². The van der Waals surface area contributed by atoms with Gasteiger partial charge in [-0.2, -0.15) is 9.97 Å². The normalized spacial score (nSPS) is 10.5. The van der Waals surface area contributed by atoms with E-state index in [1.54, 1.807) is 0 Å². The third-order valence-electron chi connectivity index (χ3n) is 4.09. The van der Waals surface area contributed by atoms with Gasteiger partial charge in [-0.3, -0.25) is 4.79 Å². The van der Waals surface area contributed by atoms with Gasteiger partial charge in [0.25, 0.3) is 0 Å². The first kappa shape index (κ1) is 25.1. The third-order valence-corrected chi connectivity index (χ3v) is 5.01. The van der Waals surface area contributed by atoms with Crippen LogP contribution >= 0.6 is 11.8 Å². The first-order valence-corrected chi connectivity index (χ1v) is 11.0. The van der Waals surface area contributed by atoms with Gasteiger partial charge in [-0.05, 0) is 30.8 Å². The van der Waals surface area contributed by atoms with Crippen molar-refractivity contribution in [1.82, 2.24) is 25.3 Å². The molecule has 0 bridgehead atoms. The van der Waals surface area contributed by atoms with E-state index in [1.807, 2.05) is 0 Å². The van der Waals surface area contributed by atoms with Crippen LogP contribution in [-0.4, -0.2) is 59.7 Å². The van der Waals surface area contributed by atoms with Crippen molar-refractivity contribution in [3.63, 3.8) is 0 Å². The minimum atomic E-state index is -0.409. The lowest BCUT2D eigenvalue weighted by molar-refractivity contribution is -0.111. The van der Waals surface area contributed by atoms with Gasteiger partial charge in [0.2, 0.25) is 23.6 Å². The largest absolute Gasteiger partial charge is 0.480 e. The Morgan fingerprint density at radius 1 is 1.12 bits per heavy atom. The molecule has 5 N–H and O–H groups in total. The van der Waals surface area contributed by atoms with E-state index < -0.39 is 5.91 Å². The fourth-order valence-corrected chi connectivity index (χ4v) is 3.47. The Hall–Kier alpha value is -3.12. The maximum atomic E-state index is 11.6. The number of aromatic nitrogens is 4. The molecule has 174 valence electrons. The molecule has 2 rings (SSSR count). The summed E-state index contributed by atoms with van der Waals surface area (Å²) >= 11 is 1.11. The smallest absolute Gasteiger partial charge is 0.248 e. The molecule has 0 spiro atoms. The lowest BCUT2D eigenvalue weighted by Crippen LogP contribution is -2.23. The van der Waals surface area contributed by atoms with Crippen molar-refractivity contribution in [2.45, 2.75) is 36.2 Å². The Labute approximate surface area is 192 Å². The highest BCUT2D eigenvalue weighted by Crippen LogP contribution is 2.39. The van der Waals surface area contributed by atoms with E-state index in [1.165, 1.54) is 33.1 Å². The SMILES string of the molecule is C=CC(=O)Nc1cc(N)nc(Sc2c(OC)nc(NCCNCCCCC)nc2OC)n1. The average Bonchev–Trinajstić information content (AvgIpc) is 2.78. The maximum absolute atomic E-state index is 11.6. The summed E-state index contributed by atoms with van der Waals surface area (Å²) < 4.78 is 10.9. The van der Waals surface area contributed by atoms with E-state index in [-0.39, 0.29) is 16.8 Å². The zero-order valence-corrected chi connectivity index (χ0v) is 19.4. The summed E-state index contributed by atoms with van der Waals surface area (Å²) in [5.74, 6) is 0.989. The van der Waals surface area contributed by atoms with Gasteiger partial charge in [0.05, 0.1) is 14.2 Å². The number of rotatable bonds is 14. The number of nitrogens with two attached hydrogens (primary N) is 1. The van der Waals surface area contributed by atoms with E-state index in [0.29, 0.717) is 29.1 Å². The quantitative estimate of drug-likeness (QED) is 0.186. The minimum Gasteiger partial charge on any atom is -0.480 e. The second-order valence-electron chi connectivity index (χ2n) is 6.53. The molecule has 32 heavy (non-hydrogen) atoms. The van der Waals surface area contributed by atoms with Crippen LogP contribution in [0.4, 0.5) is 17.6 Å². The topological polar surface area (TPSA) is 149 Å². The Bertz CT molecular complexity index is 887. The number of nitrogen functional groups attached to an aromatic ring is 1. The number of nitrogens with zero attached hydrogens (tertiary/aromatic N) is 4. The summed E-state index contributed by atoms with van der Waals surface area (Å²) in [6.45, 7) is 8.01. The molecule has 2 aromatic rings. The third kappa shape index (κ3) is 7.85. The summed E-state index contributed by atoms with van der Waals surface area (Å²) in [5.41, 5.74) is 5.85. The summed E-state index contributed by atoms with van der Waals surface area (Å²) in [6, 6.07) is 1.44. The summed E-state index contributed by atoms with van der Waals surface area (Å²) in [4.78, 5) is 29.3. The Kier molecular flexibility index (Phi) is 10.5. The van der Waals surface area contributed by atoms with Crippen LogP contribution in [0.2, 0.25) is 0 Å². The Morgan fingerprint density at radius 2 is 1.84 bits per heavy atom. The second-order valence-corrected chi connectivity index (χ2v) is 7.51. The molecule has 0 aliphatic carbocycles. The van der Waals surface area contributed by atoms with Gasteiger partial charge in [-0.15, -0.1) is 0 Å². The Morgan fingerprint density at radius 3 is 2.47 bits per heavy atom. The van der Waals surface area contributed by atoms with Gasteiger partial charge in [-0.25, -0.2) is 9.97 Å². The fraction of sp³-hybridized carbons (Fsp3) is 0.450. The molecular formula is C20H30N8O3S. The molecule has 2 aromatic heterocycles. The van der Waals surface area contributed by atoms with Crippen molar-refractivity contribution in [2.24, 2.45) is 0 Å². The molecule has 11 nitrogen and oxygen atoms in total. The van der Waals surface area contributed by atoms with Gasteiger partial charge < -0.3 is 31.2 Å². The molecule has 0 saturated carbocycles. The van der Waals surface area contributed by atoms with E-state index >= 15 is 0 Å². The van der Waals surface area contributed by atoms with E-state index in [4.69, 9.17) is 15.2 Å². The van der Waals surface area contributed by atoms with Crippen molar-refractivity contribution >= 4 is 35.3 Å². The van der Waals surface area contributed by atoms with E-state index in [9.17, 15) is 4.79 Å². The highest BCUT2D eigenvalue weighted by molar-refractivity contribution is 7.99. The predicted octanol–water partition coefficient (Wildman–Crippen LogP) is 2.33. The van der Waals surface area contributed by atoms with Gasteiger partial charge in [0.1, 0.15) is 16.5 Å². The zero-order chi connectivity index (χ0) is 23.3. The summed E-state index contributed by atoms with van der Waals surface area (Å²) in [7, 11) is 3.00. The highest BCUT2D eigenvalue weighted by Gasteiger charge is 2.19. The van der Waals surface area contributed by atoms with E-state index in [0.717, 1.165) is 37.3 Å². The Balaban J connectivity index is 2.13. The standard InChI is InChI=1S/C20H30N8O3S/c1-5-7-8-9-22-10-11-23-19-27-17(30-3)16(18(28-19)31-4)32-20-24-13(21)12-14(26-20)25-15(29)6-2/h6,12,22H,2,5,7-11H2,1,3-4H3,(H,23,27,28)(H3,21,24,25,26,29). The van der Waals surface area contributed by atoms with Gasteiger partial charge >= 0.3 is 0 Å². The summed E-state index contributed by atoms with van der Waals surface area (Å²) in [6.07, 6.45) is 4.71. The van der Waals surface area contributed by atoms with E-state index in [2.05, 4.69) is 49.4 Å². The molecule has 0 fully saturated rings. The molecule has 0 radical (unpaired) electrons. The highest BCUT2D eigenvalue weighted by atomic mass is 32.2. The molecule has 0 unspecified atom stereocenters. The second kappa shape index (κ2) is 13.3. The number of methoxy groups -OCH3 is 2. The number of carbonyl (C=O) groups is 1. The van der Waals surface area contributed by atoms with Crippen LogP contribution in [0.1, 0.15) is 26.2 Å². The van der Waals surface area contributed by atoms with Crippen LogP contribution in [0, 0.1) is 0 Å². The van der Waals surface area contributed by atoms with Gasteiger partial charge in [0.15, 0.2) is 5.16 Å². The number of hydrogen-bond acceptors (Lipinski definition) is 11. The number of ether oxygens (including phenoxy) is 2.